The molecule has 0 atom stereocenters. The number of amides is 1. The summed E-state index contributed by atoms with van der Waals surface area (Å²) in [5.74, 6) is 0.452. The Balaban J connectivity index is 0.00000261. The first kappa shape index (κ1) is 21.2. The van der Waals surface area contributed by atoms with E-state index in [1.165, 1.54) is 23.3 Å². The Kier molecular flexibility index (Phi) is 7.24. The van der Waals surface area contributed by atoms with Gasteiger partial charge >= 0.3 is 0 Å². The minimum atomic E-state index is -3.21. The molecule has 0 aliphatic carbocycles. The van der Waals surface area contributed by atoms with Gasteiger partial charge in [0, 0.05) is 25.9 Å². The van der Waals surface area contributed by atoms with Gasteiger partial charge in [0.05, 0.1) is 17.9 Å². The smallest absolute Gasteiger partial charge is 0.223 e. The van der Waals surface area contributed by atoms with Gasteiger partial charge in [0.15, 0.2) is 9.84 Å². The van der Waals surface area contributed by atoms with E-state index < -0.39 is 9.84 Å². The lowest BCUT2D eigenvalue weighted by molar-refractivity contribution is -0.121. The minimum absolute atomic E-state index is 0. The topological polar surface area (TPSA) is 84.5 Å². The number of nitrogens with one attached hydrogen (secondary N) is 2. The lowest BCUT2D eigenvalue weighted by atomic mass is 10.1. The SMILES string of the molecule is CS(=O)(=O)c1ccc(OCCC(=O)NCc2ccc3c(c2)CNC3)cc1.Cl. The normalized spacial score (nSPS) is 12.8. The molecule has 1 aliphatic rings. The van der Waals surface area contributed by atoms with Gasteiger partial charge in [-0.3, -0.25) is 4.79 Å². The second-order valence-electron chi connectivity index (χ2n) is 6.33. The molecule has 2 aromatic rings. The summed E-state index contributed by atoms with van der Waals surface area (Å²) < 4.78 is 28.3. The Hall–Kier alpha value is -2.09. The second-order valence-corrected chi connectivity index (χ2v) is 8.34. The number of hydrogen-bond acceptors (Lipinski definition) is 5. The summed E-state index contributed by atoms with van der Waals surface area (Å²) in [5, 5.41) is 6.18. The van der Waals surface area contributed by atoms with E-state index >= 15 is 0 Å². The maximum atomic E-state index is 11.9. The van der Waals surface area contributed by atoms with Crippen LogP contribution in [0.5, 0.6) is 5.75 Å². The average molecular weight is 411 g/mol. The molecular formula is C19H23ClN2O4S. The van der Waals surface area contributed by atoms with Crippen LogP contribution in [0.2, 0.25) is 0 Å². The van der Waals surface area contributed by atoms with E-state index in [1.807, 2.05) is 6.07 Å². The third-order valence-electron chi connectivity index (χ3n) is 4.24. The van der Waals surface area contributed by atoms with Crippen LogP contribution in [-0.4, -0.2) is 27.2 Å². The molecule has 0 unspecified atom stereocenters. The molecule has 3 rings (SSSR count). The van der Waals surface area contributed by atoms with Gasteiger partial charge in [0.1, 0.15) is 5.75 Å². The Labute approximate surface area is 165 Å². The summed E-state index contributed by atoms with van der Waals surface area (Å²) in [4.78, 5) is 12.2. The highest BCUT2D eigenvalue weighted by Gasteiger charge is 2.10. The number of hydrogen-bond donors (Lipinski definition) is 2. The van der Waals surface area contributed by atoms with Crippen LogP contribution in [0.4, 0.5) is 0 Å². The summed E-state index contributed by atoms with van der Waals surface area (Å²) in [6, 6.07) is 12.4. The fourth-order valence-electron chi connectivity index (χ4n) is 2.79. The van der Waals surface area contributed by atoms with Crippen LogP contribution in [0, 0.1) is 0 Å². The number of benzene rings is 2. The van der Waals surface area contributed by atoms with Crippen LogP contribution >= 0.6 is 12.4 Å². The van der Waals surface area contributed by atoms with Gasteiger partial charge in [0.2, 0.25) is 5.91 Å². The first-order chi connectivity index (χ1) is 12.4. The van der Waals surface area contributed by atoms with Crippen molar-refractivity contribution in [3.63, 3.8) is 0 Å². The van der Waals surface area contributed by atoms with Crippen molar-refractivity contribution in [3.05, 3.63) is 59.2 Å². The van der Waals surface area contributed by atoms with Gasteiger partial charge in [-0.1, -0.05) is 18.2 Å². The molecule has 0 saturated carbocycles. The number of fused-ring (bicyclic) bond motifs is 1. The predicted octanol–water partition coefficient (Wildman–Crippen LogP) is 2.20. The summed E-state index contributed by atoms with van der Waals surface area (Å²) in [5.41, 5.74) is 3.69. The van der Waals surface area contributed by atoms with Crippen LogP contribution in [0.15, 0.2) is 47.4 Å². The number of halogens is 1. The Bertz CT molecular complexity index is 898. The second kappa shape index (κ2) is 9.21. The molecule has 1 aliphatic heterocycles. The van der Waals surface area contributed by atoms with Crippen LogP contribution in [0.25, 0.3) is 0 Å². The van der Waals surface area contributed by atoms with Crippen molar-refractivity contribution < 1.29 is 17.9 Å². The minimum Gasteiger partial charge on any atom is -0.493 e. The highest BCUT2D eigenvalue weighted by Crippen LogP contribution is 2.17. The fraction of sp³-hybridized carbons (Fsp3) is 0.316. The predicted molar refractivity (Wildman–Crippen MR) is 106 cm³/mol. The van der Waals surface area contributed by atoms with E-state index in [9.17, 15) is 13.2 Å². The fourth-order valence-corrected chi connectivity index (χ4v) is 3.42. The lowest BCUT2D eigenvalue weighted by Gasteiger charge is -2.09. The van der Waals surface area contributed by atoms with E-state index in [0.717, 1.165) is 24.9 Å². The molecule has 2 N–H and O–H groups in total. The van der Waals surface area contributed by atoms with E-state index in [4.69, 9.17) is 4.74 Å². The largest absolute Gasteiger partial charge is 0.493 e. The van der Waals surface area contributed by atoms with Crippen molar-refractivity contribution in [2.75, 3.05) is 12.9 Å². The van der Waals surface area contributed by atoms with Crippen LogP contribution in [-0.2, 0) is 34.3 Å². The van der Waals surface area contributed by atoms with Crippen molar-refractivity contribution in [1.82, 2.24) is 10.6 Å². The molecule has 0 saturated heterocycles. The molecule has 0 radical (unpaired) electrons. The highest BCUT2D eigenvalue weighted by atomic mass is 35.5. The number of carbonyl (C=O) groups is 1. The Morgan fingerprint density at radius 3 is 2.52 bits per heavy atom. The van der Waals surface area contributed by atoms with Gasteiger partial charge in [-0.25, -0.2) is 8.42 Å². The van der Waals surface area contributed by atoms with E-state index in [2.05, 4.69) is 22.8 Å². The zero-order chi connectivity index (χ0) is 18.6. The maximum Gasteiger partial charge on any atom is 0.223 e. The van der Waals surface area contributed by atoms with E-state index in [0.29, 0.717) is 12.3 Å². The van der Waals surface area contributed by atoms with Crippen molar-refractivity contribution >= 4 is 28.2 Å². The highest BCUT2D eigenvalue weighted by molar-refractivity contribution is 7.90. The van der Waals surface area contributed by atoms with E-state index in [1.54, 1.807) is 12.1 Å². The molecule has 2 aromatic carbocycles. The van der Waals surface area contributed by atoms with Gasteiger partial charge in [0.25, 0.3) is 0 Å². The number of ether oxygens (including phenoxy) is 1. The zero-order valence-corrected chi connectivity index (χ0v) is 16.7. The van der Waals surface area contributed by atoms with E-state index in [-0.39, 0.29) is 36.2 Å². The van der Waals surface area contributed by atoms with Crippen molar-refractivity contribution in [2.24, 2.45) is 0 Å². The van der Waals surface area contributed by atoms with Crippen LogP contribution in [0.1, 0.15) is 23.1 Å². The summed E-state index contributed by atoms with van der Waals surface area (Å²) in [6.07, 6.45) is 1.39. The molecule has 0 fully saturated rings. The zero-order valence-electron chi connectivity index (χ0n) is 15.0. The molecule has 27 heavy (non-hydrogen) atoms. The van der Waals surface area contributed by atoms with Crippen molar-refractivity contribution in [3.8, 4) is 5.75 Å². The molecular weight excluding hydrogens is 388 g/mol. The summed E-state index contributed by atoms with van der Waals surface area (Å²) in [7, 11) is -3.21. The molecule has 0 aromatic heterocycles. The first-order valence-corrected chi connectivity index (χ1v) is 10.3. The molecule has 1 amide bonds. The molecule has 146 valence electrons. The number of carbonyl (C=O) groups excluding carboxylic acids is 1. The van der Waals surface area contributed by atoms with Crippen LogP contribution < -0.4 is 15.4 Å². The Morgan fingerprint density at radius 2 is 1.81 bits per heavy atom. The molecule has 6 nitrogen and oxygen atoms in total. The monoisotopic (exact) mass is 410 g/mol. The first-order valence-electron chi connectivity index (χ1n) is 8.43. The lowest BCUT2D eigenvalue weighted by Crippen LogP contribution is -2.24. The van der Waals surface area contributed by atoms with Gasteiger partial charge in [-0.2, -0.15) is 0 Å². The average Bonchev–Trinajstić information content (AvgIpc) is 3.07. The third kappa shape index (κ3) is 5.95. The van der Waals surface area contributed by atoms with Crippen molar-refractivity contribution in [2.45, 2.75) is 31.0 Å². The summed E-state index contributed by atoms with van der Waals surface area (Å²) >= 11 is 0. The summed E-state index contributed by atoms with van der Waals surface area (Å²) in [6.45, 7) is 2.51. The maximum absolute atomic E-state index is 11.9. The molecule has 8 heteroatoms. The van der Waals surface area contributed by atoms with Gasteiger partial charge in [-0.15, -0.1) is 12.4 Å². The standard InChI is InChI=1S/C19H22N2O4S.ClH/c1-26(23,24)18-6-4-17(5-7-18)25-9-8-19(22)21-11-14-2-3-15-12-20-13-16(15)10-14;/h2-7,10,20H,8-9,11-13H2,1H3,(H,21,22);1H. The number of rotatable bonds is 7. The molecule has 0 spiro atoms. The molecule has 1 heterocycles. The Morgan fingerprint density at radius 1 is 1.11 bits per heavy atom. The quantitative estimate of drug-likeness (QED) is 0.731. The number of sulfone groups is 1. The molecule has 0 bridgehead atoms. The van der Waals surface area contributed by atoms with Gasteiger partial charge in [-0.05, 0) is 41.0 Å². The van der Waals surface area contributed by atoms with Gasteiger partial charge < -0.3 is 15.4 Å². The third-order valence-corrected chi connectivity index (χ3v) is 5.37. The van der Waals surface area contributed by atoms with Crippen LogP contribution in [0.3, 0.4) is 0 Å². The van der Waals surface area contributed by atoms with Crippen molar-refractivity contribution in [1.29, 1.82) is 0 Å².